The Kier molecular flexibility index (Phi) is 5.48. The van der Waals surface area contributed by atoms with Crippen molar-refractivity contribution in [2.45, 2.75) is 18.9 Å². The number of hydrogen-bond donors (Lipinski definition) is 2. The maximum absolute atomic E-state index is 12.2. The van der Waals surface area contributed by atoms with Crippen LogP contribution >= 0.6 is 0 Å². The summed E-state index contributed by atoms with van der Waals surface area (Å²) in [4.78, 5) is 23.5. The lowest BCUT2D eigenvalue weighted by atomic mass is 10.0. The highest BCUT2D eigenvalue weighted by Crippen LogP contribution is 2.19. The number of nitrogens with two attached hydrogens (primary N) is 1. The van der Waals surface area contributed by atoms with Crippen LogP contribution in [0.15, 0.2) is 54.6 Å². The van der Waals surface area contributed by atoms with E-state index in [0.717, 1.165) is 11.1 Å². The van der Waals surface area contributed by atoms with Crippen LogP contribution in [-0.4, -0.2) is 17.9 Å². The molecule has 0 aromatic heterocycles. The van der Waals surface area contributed by atoms with Gasteiger partial charge >= 0.3 is 0 Å². The van der Waals surface area contributed by atoms with Crippen LogP contribution in [0.25, 0.3) is 11.1 Å². The Morgan fingerprint density at radius 1 is 1.04 bits per heavy atom. The first-order valence-electron chi connectivity index (χ1n) is 7.24. The number of carbonyl (C=O) groups is 2. The SMILES string of the molecule is N#CCC[C@H](NC(=O)c1ccc(-c2ccccc2)cc1)C(N)=O. The van der Waals surface area contributed by atoms with Gasteiger partial charge in [-0.1, -0.05) is 42.5 Å². The van der Waals surface area contributed by atoms with Crippen molar-refractivity contribution in [2.24, 2.45) is 5.73 Å². The molecule has 5 heteroatoms. The van der Waals surface area contributed by atoms with Crippen LogP contribution in [0, 0.1) is 11.3 Å². The summed E-state index contributed by atoms with van der Waals surface area (Å²) in [6.07, 6.45) is 0.362. The van der Waals surface area contributed by atoms with Crippen molar-refractivity contribution in [3.63, 3.8) is 0 Å². The summed E-state index contributed by atoms with van der Waals surface area (Å²) in [5, 5.41) is 11.1. The molecule has 3 N–H and O–H groups in total. The second-order valence-corrected chi connectivity index (χ2v) is 5.07. The van der Waals surface area contributed by atoms with Gasteiger partial charge in [-0.05, 0) is 29.7 Å². The second kappa shape index (κ2) is 7.76. The zero-order valence-corrected chi connectivity index (χ0v) is 12.5. The van der Waals surface area contributed by atoms with Gasteiger partial charge in [-0.2, -0.15) is 5.26 Å². The summed E-state index contributed by atoms with van der Waals surface area (Å²) >= 11 is 0. The molecule has 2 amide bonds. The maximum atomic E-state index is 12.2. The van der Waals surface area contributed by atoms with Gasteiger partial charge in [0.1, 0.15) is 6.04 Å². The fourth-order valence-corrected chi connectivity index (χ4v) is 2.18. The molecule has 2 aromatic rings. The summed E-state index contributed by atoms with van der Waals surface area (Å²) in [5.74, 6) is -1.03. The molecule has 0 bridgehead atoms. The Labute approximate surface area is 134 Å². The maximum Gasteiger partial charge on any atom is 0.251 e. The first-order valence-corrected chi connectivity index (χ1v) is 7.24. The predicted molar refractivity (Wildman–Crippen MR) is 87.2 cm³/mol. The van der Waals surface area contributed by atoms with Gasteiger partial charge in [0.15, 0.2) is 0 Å². The van der Waals surface area contributed by atoms with Gasteiger partial charge in [-0.15, -0.1) is 0 Å². The van der Waals surface area contributed by atoms with Crippen molar-refractivity contribution in [3.05, 3.63) is 60.2 Å². The molecule has 0 unspecified atom stereocenters. The molecule has 0 aliphatic heterocycles. The normalized spacial score (nSPS) is 11.3. The lowest BCUT2D eigenvalue weighted by Crippen LogP contribution is -2.44. The number of hydrogen-bond acceptors (Lipinski definition) is 3. The molecule has 0 saturated carbocycles. The van der Waals surface area contributed by atoms with E-state index < -0.39 is 11.9 Å². The van der Waals surface area contributed by atoms with E-state index in [2.05, 4.69) is 5.32 Å². The molecular formula is C18H17N3O2. The number of nitrogens with one attached hydrogen (secondary N) is 1. The van der Waals surface area contributed by atoms with Gasteiger partial charge < -0.3 is 11.1 Å². The van der Waals surface area contributed by atoms with Crippen LogP contribution in [0.4, 0.5) is 0 Å². The van der Waals surface area contributed by atoms with Gasteiger partial charge in [0.25, 0.3) is 5.91 Å². The van der Waals surface area contributed by atoms with Crippen molar-refractivity contribution < 1.29 is 9.59 Å². The quantitative estimate of drug-likeness (QED) is 0.856. The van der Waals surface area contributed by atoms with E-state index >= 15 is 0 Å². The number of nitriles is 1. The smallest absolute Gasteiger partial charge is 0.251 e. The van der Waals surface area contributed by atoms with Crippen molar-refractivity contribution in [3.8, 4) is 17.2 Å². The van der Waals surface area contributed by atoms with E-state index in [-0.39, 0.29) is 18.7 Å². The van der Waals surface area contributed by atoms with E-state index in [9.17, 15) is 9.59 Å². The highest BCUT2D eigenvalue weighted by atomic mass is 16.2. The minimum absolute atomic E-state index is 0.154. The summed E-state index contributed by atoms with van der Waals surface area (Å²) < 4.78 is 0. The van der Waals surface area contributed by atoms with E-state index in [1.807, 2.05) is 48.5 Å². The van der Waals surface area contributed by atoms with Crippen molar-refractivity contribution in [2.75, 3.05) is 0 Å². The largest absolute Gasteiger partial charge is 0.368 e. The molecule has 2 aromatic carbocycles. The van der Waals surface area contributed by atoms with Crippen LogP contribution in [-0.2, 0) is 4.79 Å². The molecule has 5 nitrogen and oxygen atoms in total. The number of nitrogens with zero attached hydrogens (tertiary/aromatic N) is 1. The van der Waals surface area contributed by atoms with Crippen molar-refractivity contribution in [1.29, 1.82) is 5.26 Å². The number of primary amides is 1. The van der Waals surface area contributed by atoms with Gasteiger partial charge in [0.05, 0.1) is 6.07 Å². The van der Waals surface area contributed by atoms with E-state index in [0.29, 0.717) is 5.56 Å². The first kappa shape index (κ1) is 16.2. The fourth-order valence-electron chi connectivity index (χ4n) is 2.18. The van der Waals surface area contributed by atoms with Gasteiger partial charge in [-0.3, -0.25) is 9.59 Å². The molecule has 0 fully saturated rings. The number of carbonyl (C=O) groups excluding carboxylic acids is 2. The van der Waals surface area contributed by atoms with Crippen LogP contribution in [0.1, 0.15) is 23.2 Å². The Hall–Kier alpha value is -3.13. The number of amides is 2. The summed E-state index contributed by atoms with van der Waals surface area (Å²) in [6, 6.07) is 18.0. The molecule has 0 aliphatic rings. The molecule has 116 valence electrons. The average Bonchev–Trinajstić information content (AvgIpc) is 2.59. The Morgan fingerprint density at radius 3 is 2.22 bits per heavy atom. The van der Waals surface area contributed by atoms with Gasteiger partial charge in [-0.25, -0.2) is 0 Å². The third-order valence-electron chi connectivity index (χ3n) is 3.45. The van der Waals surface area contributed by atoms with Crippen LogP contribution < -0.4 is 11.1 Å². The number of rotatable bonds is 6. The molecule has 23 heavy (non-hydrogen) atoms. The highest BCUT2D eigenvalue weighted by molar-refractivity contribution is 5.97. The zero-order valence-electron chi connectivity index (χ0n) is 12.5. The minimum atomic E-state index is -0.837. The Balaban J connectivity index is 2.08. The third kappa shape index (κ3) is 4.42. The van der Waals surface area contributed by atoms with Crippen LogP contribution in [0.3, 0.4) is 0 Å². The topological polar surface area (TPSA) is 96.0 Å². The minimum Gasteiger partial charge on any atom is -0.368 e. The monoisotopic (exact) mass is 307 g/mol. The zero-order chi connectivity index (χ0) is 16.7. The molecule has 0 radical (unpaired) electrons. The summed E-state index contributed by atoms with van der Waals surface area (Å²) in [5.41, 5.74) is 7.74. The number of benzene rings is 2. The van der Waals surface area contributed by atoms with Gasteiger partial charge in [0.2, 0.25) is 5.91 Å². The molecule has 1 atom stereocenters. The fraction of sp³-hybridized carbons (Fsp3) is 0.167. The van der Waals surface area contributed by atoms with E-state index in [1.165, 1.54) is 0 Å². The van der Waals surface area contributed by atoms with E-state index in [4.69, 9.17) is 11.0 Å². The molecule has 0 saturated heterocycles. The first-order chi connectivity index (χ1) is 11.1. The van der Waals surface area contributed by atoms with Crippen LogP contribution in [0.2, 0.25) is 0 Å². The summed E-state index contributed by atoms with van der Waals surface area (Å²) in [6.45, 7) is 0. The second-order valence-electron chi connectivity index (χ2n) is 5.07. The Morgan fingerprint density at radius 2 is 1.65 bits per heavy atom. The van der Waals surface area contributed by atoms with Crippen LogP contribution in [0.5, 0.6) is 0 Å². The highest BCUT2D eigenvalue weighted by Gasteiger charge is 2.18. The lowest BCUT2D eigenvalue weighted by Gasteiger charge is -2.14. The molecular weight excluding hydrogens is 290 g/mol. The predicted octanol–water partition coefficient (Wildman–Crippen LogP) is 2.24. The standard InChI is InChI=1S/C18H17N3O2/c19-12-4-7-16(17(20)22)21-18(23)15-10-8-14(9-11-15)13-5-2-1-3-6-13/h1-3,5-6,8-11,16H,4,7H2,(H2,20,22)(H,21,23)/t16-/m0/s1. The average molecular weight is 307 g/mol. The van der Waals surface area contributed by atoms with E-state index in [1.54, 1.807) is 12.1 Å². The van der Waals surface area contributed by atoms with Crippen molar-refractivity contribution >= 4 is 11.8 Å². The Bertz CT molecular complexity index is 718. The molecule has 0 aliphatic carbocycles. The molecule has 2 rings (SSSR count). The lowest BCUT2D eigenvalue weighted by molar-refractivity contribution is -0.119. The molecule has 0 heterocycles. The summed E-state index contributed by atoms with van der Waals surface area (Å²) in [7, 11) is 0. The van der Waals surface area contributed by atoms with Crippen molar-refractivity contribution in [1.82, 2.24) is 5.32 Å². The molecule has 0 spiro atoms. The third-order valence-corrected chi connectivity index (χ3v) is 3.45. The van der Waals surface area contributed by atoms with Gasteiger partial charge in [0, 0.05) is 12.0 Å².